The Morgan fingerprint density at radius 3 is 1.78 bits per heavy atom. The average molecular weight is 1080 g/mol. The summed E-state index contributed by atoms with van der Waals surface area (Å²) in [5.74, 6) is -5.70. The topological polar surface area (TPSA) is 199 Å². The number of carbonyl (C=O) groups excluding carboxylic acids is 6. The first-order chi connectivity index (χ1) is 36.0. The maximum atomic E-state index is 16.6. The maximum Gasteiger partial charge on any atom is 0.338 e. The monoisotopic (exact) mass is 1080 g/mol. The lowest BCUT2D eigenvalue weighted by atomic mass is 9.44. The van der Waals surface area contributed by atoms with Crippen LogP contribution in [0.25, 0.3) is 0 Å². The number of esters is 4. The van der Waals surface area contributed by atoms with E-state index in [1.165, 1.54) is 13.8 Å². The van der Waals surface area contributed by atoms with Gasteiger partial charge < -0.3 is 43.0 Å². The second kappa shape index (κ2) is 23.0. The number of Topliss-reactive ketones (excluding diaryl/α,β-unsaturated/α-hetero) is 1. The van der Waals surface area contributed by atoms with Crippen LogP contribution in [0.15, 0.2) is 102 Å². The fourth-order valence-corrected chi connectivity index (χ4v) is 18.7. The first-order valence-electron chi connectivity index (χ1n) is 27.2. The normalized spacial score (nSPS) is 28.7. The van der Waals surface area contributed by atoms with E-state index in [1.54, 1.807) is 113 Å². The van der Waals surface area contributed by atoms with Crippen molar-refractivity contribution in [2.45, 2.75) is 186 Å². The van der Waals surface area contributed by atoms with E-state index >= 15 is 9.59 Å². The Labute approximate surface area is 450 Å². The zero-order valence-electron chi connectivity index (χ0n) is 46.4. The zero-order valence-corrected chi connectivity index (χ0v) is 48.4. The first-order valence-corrected chi connectivity index (χ1v) is 32.3. The van der Waals surface area contributed by atoms with Crippen molar-refractivity contribution in [3.8, 4) is 0 Å². The summed E-state index contributed by atoms with van der Waals surface area (Å²) < 4.78 is 47.1. The molecular weight excluding hydrogens is 1000 g/mol. The lowest BCUT2D eigenvalue weighted by Gasteiger charge is -2.68. The van der Waals surface area contributed by atoms with Gasteiger partial charge in [-0.05, 0) is 91.1 Å². The third kappa shape index (κ3) is 10.4. The summed E-state index contributed by atoms with van der Waals surface area (Å²) in [6.45, 7) is 21.2. The van der Waals surface area contributed by atoms with E-state index in [0.717, 1.165) is 0 Å². The molecule has 3 aromatic carbocycles. The molecule has 0 aromatic heterocycles. The maximum absolute atomic E-state index is 16.6. The number of ketones is 1. The Morgan fingerprint density at radius 2 is 1.28 bits per heavy atom. The number of hydrogen-bond donors (Lipinski definition) is 2. The van der Waals surface area contributed by atoms with Crippen molar-refractivity contribution in [3.05, 3.63) is 119 Å². The quantitative estimate of drug-likeness (QED) is 0.0469. The largest absolute Gasteiger partial charge is 0.456 e. The van der Waals surface area contributed by atoms with Gasteiger partial charge in [-0.25, -0.2) is 9.59 Å². The van der Waals surface area contributed by atoms with Gasteiger partial charge in [0.2, 0.25) is 0 Å². The van der Waals surface area contributed by atoms with Crippen molar-refractivity contribution in [2.24, 2.45) is 16.7 Å². The van der Waals surface area contributed by atoms with Gasteiger partial charge in [0, 0.05) is 37.7 Å². The second-order valence-corrected chi connectivity index (χ2v) is 31.5. The van der Waals surface area contributed by atoms with E-state index in [2.05, 4.69) is 26.1 Å². The van der Waals surface area contributed by atoms with Crippen molar-refractivity contribution in [2.75, 3.05) is 6.61 Å². The highest BCUT2D eigenvalue weighted by atomic mass is 28.4. The lowest BCUT2D eigenvalue weighted by Crippen LogP contribution is -2.82. The number of hydrogen-bond acceptors (Lipinski definition) is 14. The Bertz CT molecular complexity index is 2620. The molecule has 2 bridgehead atoms. The molecule has 0 spiro atoms. The van der Waals surface area contributed by atoms with Crippen molar-refractivity contribution in [1.29, 1.82) is 0 Å². The van der Waals surface area contributed by atoms with Crippen LogP contribution in [-0.4, -0.2) is 112 Å². The molecule has 1 heterocycles. The van der Waals surface area contributed by atoms with Gasteiger partial charge in [0.15, 0.2) is 40.2 Å². The van der Waals surface area contributed by atoms with Crippen LogP contribution in [0.2, 0.25) is 36.3 Å². The van der Waals surface area contributed by atoms with Crippen molar-refractivity contribution in [3.63, 3.8) is 0 Å². The molecule has 4 aliphatic rings. The van der Waals surface area contributed by atoms with Crippen molar-refractivity contribution in [1.82, 2.24) is 5.32 Å². The zero-order chi connectivity index (χ0) is 55.6. The van der Waals surface area contributed by atoms with Crippen LogP contribution in [0.4, 0.5) is 0 Å². The Kier molecular flexibility index (Phi) is 17.6. The summed E-state index contributed by atoms with van der Waals surface area (Å²) in [7, 11) is -5.40. The molecule has 3 aliphatic carbocycles. The number of ether oxygens (including phenoxy) is 5. The molecule has 3 fully saturated rings. The molecule has 0 unspecified atom stereocenters. The van der Waals surface area contributed by atoms with Gasteiger partial charge in [0.05, 0.1) is 35.6 Å². The van der Waals surface area contributed by atoms with E-state index in [0.29, 0.717) is 53.0 Å². The minimum atomic E-state index is -2.75. The molecule has 7 rings (SSSR count). The Morgan fingerprint density at radius 1 is 0.737 bits per heavy atom. The number of aliphatic hydroxyl groups is 1. The summed E-state index contributed by atoms with van der Waals surface area (Å²) in [6, 6.07) is 28.8. The number of nitrogens with one attached hydrogen (secondary N) is 1. The molecule has 2 saturated carbocycles. The van der Waals surface area contributed by atoms with E-state index in [-0.39, 0.29) is 24.2 Å². The van der Waals surface area contributed by atoms with Crippen molar-refractivity contribution >= 4 is 52.2 Å². The van der Waals surface area contributed by atoms with E-state index in [9.17, 15) is 24.3 Å². The van der Waals surface area contributed by atoms with Crippen LogP contribution in [0, 0.1) is 16.7 Å². The van der Waals surface area contributed by atoms with Gasteiger partial charge in [-0.2, -0.15) is 0 Å². The Balaban J connectivity index is 1.49. The second-order valence-electron chi connectivity index (χ2n) is 22.0. The predicted molar refractivity (Wildman–Crippen MR) is 290 cm³/mol. The van der Waals surface area contributed by atoms with Crippen LogP contribution in [0.5, 0.6) is 0 Å². The minimum absolute atomic E-state index is 0.0931. The molecule has 1 amide bonds. The average Bonchev–Trinajstić information content (AvgIpc) is 3.45. The van der Waals surface area contributed by atoms with Crippen LogP contribution >= 0.6 is 0 Å². The third-order valence-electron chi connectivity index (χ3n) is 18.1. The predicted octanol–water partition coefficient (Wildman–Crippen LogP) is 9.79. The van der Waals surface area contributed by atoms with Crippen LogP contribution in [-0.2, 0) is 51.7 Å². The van der Waals surface area contributed by atoms with Crippen LogP contribution in [0.3, 0.4) is 0 Å². The fraction of sp³-hybridized carbons (Fsp3) is 0.559. The third-order valence-corrected chi connectivity index (χ3v) is 27.3. The van der Waals surface area contributed by atoms with Crippen LogP contribution < -0.4 is 5.32 Å². The summed E-state index contributed by atoms with van der Waals surface area (Å²) in [5, 5.41) is 17.5. The van der Waals surface area contributed by atoms with Gasteiger partial charge >= 0.3 is 23.9 Å². The highest BCUT2D eigenvalue weighted by Crippen LogP contribution is 2.65. The molecular formula is C59H79NO14Si2. The highest BCUT2D eigenvalue weighted by Gasteiger charge is 2.79. The van der Waals surface area contributed by atoms with Gasteiger partial charge in [-0.3, -0.25) is 19.2 Å². The highest BCUT2D eigenvalue weighted by molar-refractivity contribution is 6.74. The summed E-state index contributed by atoms with van der Waals surface area (Å²) in [4.78, 5) is 88.6. The fourth-order valence-electron chi connectivity index (χ4n) is 13.0. The number of benzene rings is 3. The molecule has 17 heteroatoms. The lowest BCUT2D eigenvalue weighted by molar-refractivity contribution is -0.344. The van der Waals surface area contributed by atoms with Gasteiger partial charge in [0.1, 0.15) is 23.9 Å². The molecule has 3 aromatic rings. The number of rotatable bonds is 20. The summed E-state index contributed by atoms with van der Waals surface area (Å²) in [6.07, 6.45) is -8.46. The van der Waals surface area contributed by atoms with Gasteiger partial charge in [0.25, 0.3) is 5.91 Å². The number of carbonyl (C=O) groups is 6. The number of amides is 1. The summed E-state index contributed by atoms with van der Waals surface area (Å²) in [5.41, 5.74) is -5.92. The molecule has 1 aliphatic heterocycles. The standard InChI is InChI=1S/C59H79NO14Si2/c1-13-75(14-2,15-3)73-44-34-45-58(36-68-45,72-39(9)62)50-52(71-54(65)42-32-26-21-27-33-42)59(67)35-43(37(7)46(56(59,10)11)48(69-38(8)61)51(63)57(44,50)12)70-55(66)49(74-76(16-4,17-5)18-6)47(40-28-22-19-23-29-40)60-53(64)41-30-24-20-25-31-41/h19-33,43-45,47-50,52,67H,13-18,34-36H2,1-12H3,(H,60,64)/t43-,44-,45+,47-,48+,49+,50-,52-,57+,58-,59+/m0/s1. The first kappa shape index (κ1) is 58.4. The van der Waals surface area contributed by atoms with Gasteiger partial charge in [-0.1, -0.05) is 122 Å². The molecule has 76 heavy (non-hydrogen) atoms. The van der Waals surface area contributed by atoms with Crippen LogP contribution in [0.1, 0.15) is 128 Å². The van der Waals surface area contributed by atoms with E-state index in [1.807, 2.05) is 26.8 Å². The number of fused-ring (bicyclic) bond motifs is 5. The molecule has 0 radical (unpaired) electrons. The molecule has 11 atom stereocenters. The molecule has 412 valence electrons. The van der Waals surface area contributed by atoms with E-state index < -0.39 is 129 Å². The summed E-state index contributed by atoms with van der Waals surface area (Å²) >= 11 is 0. The SMILES string of the molecule is CC[Si](CC)(CC)O[C@H]1C[C@H]2OC[C@@]2(OC(C)=O)[C@H]2[C@H](OC(=O)c3ccccc3)[C@]3(O)C[C@H](OC(=O)[C@H](O[Si](CC)(CC)CC)[C@@H](NC(=O)c4ccccc4)c4ccccc4)C(C)=C([C@@H](OC(C)=O)C(=O)[C@]12C)C3(C)C. The molecule has 2 N–H and O–H groups in total. The minimum Gasteiger partial charge on any atom is -0.456 e. The van der Waals surface area contributed by atoms with Gasteiger partial charge in [-0.15, -0.1) is 0 Å². The van der Waals surface area contributed by atoms with Crippen molar-refractivity contribution < 1.29 is 66.4 Å². The van der Waals surface area contributed by atoms with E-state index in [4.69, 9.17) is 32.5 Å². The Hall–Kier alpha value is -5.31. The molecule has 1 saturated heterocycles. The molecule has 15 nitrogen and oxygen atoms in total. The smallest absolute Gasteiger partial charge is 0.338 e.